The van der Waals surface area contributed by atoms with Gasteiger partial charge in [-0.05, 0) is 61.0 Å². The first kappa shape index (κ1) is 23.6. The topological polar surface area (TPSA) is 80.9 Å². The minimum Gasteiger partial charge on any atom is -1.00 e. The molecule has 0 aliphatic carbocycles. The molecule has 1 heterocycles. The lowest BCUT2D eigenvalue weighted by atomic mass is 10.1. The third kappa shape index (κ3) is 5.69. The first-order chi connectivity index (χ1) is 14.0. The van der Waals surface area contributed by atoms with E-state index in [1.54, 1.807) is 26.4 Å². The summed E-state index contributed by atoms with van der Waals surface area (Å²) in [6.45, 7) is 1.30. The molecule has 0 saturated carbocycles. The second-order valence-corrected chi connectivity index (χ2v) is 6.79. The lowest BCUT2D eigenvalue weighted by Gasteiger charge is -2.09. The van der Waals surface area contributed by atoms with Crippen LogP contribution in [0.2, 0.25) is 5.02 Å². The van der Waals surface area contributed by atoms with Crippen LogP contribution in [0.4, 0.5) is 0 Å². The van der Waals surface area contributed by atoms with Gasteiger partial charge in [0.1, 0.15) is 11.5 Å². The molecule has 2 aromatic carbocycles. The van der Waals surface area contributed by atoms with Crippen LogP contribution >= 0.6 is 11.6 Å². The van der Waals surface area contributed by atoms with Crippen LogP contribution in [0.1, 0.15) is 21.7 Å². The lowest BCUT2D eigenvalue weighted by molar-refractivity contribution is -0.0000223. The number of furan rings is 1. The number of hydrogen-bond acceptors (Lipinski definition) is 5. The molecule has 1 aromatic heterocycles. The van der Waals surface area contributed by atoms with E-state index in [9.17, 15) is 4.79 Å². The summed E-state index contributed by atoms with van der Waals surface area (Å²) < 4.78 is 16.4. The highest BCUT2D eigenvalue weighted by atomic mass is 35.5. The van der Waals surface area contributed by atoms with Gasteiger partial charge in [-0.15, -0.1) is 0 Å². The Kier molecular flexibility index (Phi) is 8.59. The monoisotopic (exact) mass is 450 g/mol. The van der Waals surface area contributed by atoms with Crippen LogP contribution in [0.15, 0.2) is 52.9 Å². The molecular weight excluding hydrogens is 429 g/mol. The number of benzene rings is 2. The molecule has 0 spiro atoms. The Hall–Kier alpha value is -2.67. The molecular formula is C22H22Cl2NO5-. The van der Waals surface area contributed by atoms with Crippen molar-refractivity contribution < 1.29 is 36.2 Å². The van der Waals surface area contributed by atoms with E-state index < -0.39 is 5.97 Å². The van der Waals surface area contributed by atoms with Crippen LogP contribution < -0.4 is 27.2 Å². The van der Waals surface area contributed by atoms with Crippen molar-refractivity contribution in [2.45, 2.75) is 13.0 Å². The smallest absolute Gasteiger partial charge is 0.335 e. The maximum atomic E-state index is 11.2. The first-order valence-electron chi connectivity index (χ1n) is 9.05. The van der Waals surface area contributed by atoms with Gasteiger partial charge in [-0.2, -0.15) is 0 Å². The van der Waals surface area contributed by atoms with Gasteiger partial charge in [0.05, 0.1) is 31.4 Å². The van der Waals surface area contributed by atoms with Gasteiger partial charge in [0, 0.05) is 5.56 Å². The van der Waals surface area contributed by atoms with Crippen molar-refractivity contribution in [2.75, 3.05) is 20.8 Å². The number of nitrogens with one attached hydrogen (secondary N) is 1. The molecule has 3 aromatic rings. The van der Waals surface area contributed by atoms with E-state index in [0.717, 1.165) is 24.3 Å². The molecule has 3 rings (SSSR count). The minimum atomic E-state index is -1.01. The van der Waals surface area contributed by atoms with Crippen LogP contribution in [-0.4, -0.2) is 31.8 Å². The number of ether oxygens (including phenoxy) is 2. The molecule has 30 heavy (non-hydrogen) atoms. The summed E-state index contributed by atoms with van der Waals surface area (Å²) in [5.74, 6) is 1.68. The Morgan fingerprint density at radius 3 is 2.53 bits per heavy atom. The fraction of sp³-hybridized carbons (Fsp3) is 0.227. The molecule has 0 atom stereocenters. The third-order valence-electron chi connectivity index (χ3n) is 4.48. The zero-order valence-corrected chi connectivity index (χ0v) is 18.1. The SMILES string of the molecule is COc1ccc(CCNCc2ccc(-c3cc(C(=O)O)ccc3Cl)o2)cc1OC.[Cl-]. The standard InChI is InChI=1S/C22H22ClNO5.ClH/c1-27-20-7-3-14(11-21(20)28-2)9-10-24-13-16-5-8-19(29-16)17-12-15(22(25)26)4-6-18(17)23;/h3-8,11-12,24H,9-10,13H2,1-2H3,(H,25,26);1H/p-1. The second kappa shape index (κ2) is 10.9. The van der Waals surface area contributed by atoms with E-state index >= 15 is 0 Å². The molecule has 0 radical (unpaired) electrons. The number of rotatable bonds is 9. The van der Waals surface area contributed by atoms with Gasteiger partial charge < -0.3 is 36.7 Å². The highest BCUT2D eigenvalue weighted by Crippen LogP contribution is 2.30. The maximum absolute atomic E-state index is 11.2. The summed E-state index contributed by atoms with van der Waals surface area (Å²) in [7, 11) is 3.23. The average molecular weight is 451 g/mol. The number of carbonyl (C=O) groups is 1. The van der Waals surface area contributed by atoms with Crippen LogP contribution in [-0.2, 0) is 13.0 Å². The summed E-state index contributed by atoms with van der Waals surface area (Å²) in [5, 5.41) is 12.9. The normalized spacial score (nSPS) is 10.4. The summed E-state index contributed by atoms with van der Waals surface area (Å²) in [4.78, 5) is 11.2. The largest absolute Gasteiger partial charge is 1.00 e. The highest BCUT2D eigenvalue weighted by Gasteiger charge is 2.12. The molecule has 0 aliphatic rings. The average Bonchev–Trinajstić information content (AvgIpc) is 3.19. The summed E-state index contributed by atoms with van der Waals surface area (Å²) in [5.41, 5.74) is 1.85. The van der Waals surface area contributed by atoms with Crippen molar-refractivity contribution in [3.63, 3.8) is 0 Å². The number of halogens is 2. The zero-order valence-electron chi connectivity index (χ0n) is 16.6. The van der Waals surface area contributed by atoms with Crippen LogP contribution in [0.3, 0.4) is 0 Å². The maximum Gasteiger partial charge on any atom is 0.335 e. The van der Waals surface area contributed by atoms with E-state index in [-0.39, 0.29) is 18.0 Å². The van der Waals surface area contributed by atoms with Gasteiger partial charge in [0.15, 0.2) is 11.5 Å². The quantitative estimate of drug-likeness (QED) is 0.482. The molecule has 8 heteroatoms. The molecule has 0 saturated heterocycles. The summed E-state index contributed by atoms with van der Waals surface area (Å²) >= 11 is 6.20. The van der Waals surface area contributed by atoms with Crippen LogP contribution in [0, 0.1) is 0 Å². The Morgan fingerprint density at radius 2 is 1.83 bits per heavy atom. The van der Waals surface area contributed by atoms with Gasteiger partial charge in [-0.1, -0.05) is 17.7 Å². The lowest BCUT2D eigenvalue weighted by Crippen LogP contribution is -3.00. The molecule has 0 unspecified atom stereocenters. The molecule has 0 aliphatic heterocycles. The number of hydrogen-bond donors (Lipinski definition) is 2. The predicted molar refractivity (Wildman–Crippen MR) is 111 cm³/mol. The van der Waals surface area contributed by atoms with Gasteiger partial charge in [-0.3, -0.25) is 0 Å². The van der Waals surface area contributed by atoms with Crippen molar-refractivity contribution >= 4 is 17.6 Å². The fourth-order valence-electron chi connectivity index (χ4n) is 2.95. The van der Waals surface area contributed by atoms with Crippen molar-refractivity contribution in [1.29, 1.82) is 0 Å². The van der Waals surface area contributed by atoms with E-state index in [2.05, 4.69) is 5.32 Å². The Morgan fingerprint density at radius 1 is 1.07 bits per heavy atom. The second-order valence-electron chi connectivity index (χ2n) is 6.38. The van der Waals surface area contributed by atoms with Crippen LogP contribution in [0.5, 0.6) is 11.5 Å². The number of aromatic carboxylic acids is 1. The minimum absolute atomic E-state index is 0. The number of methoxy groups -OCH3 is 2. The van der Waals surface area contributed by atoms with Gasteiger partial charge in [0.2, 0.25) is 0 Å². The summed E-state index contributed by atoms with van der Waals surface area (Å²) in [6, 6.07) is 14.0. The number of carboxylic acids is 1. The summed E-state index contributed by atoms with van der Waals surface area (Å²) in [6.07, 6.45) is 0.820. The molecule has 160 valence electrons. The first-order valence-corrected chi connectivity index (χ1v) is 9.43. The van der Waals surface area contributed by atoms with E-state index in [4.69, 9.17) is 30.6 Å². The Balaban J connectivity index is 0.00000320. The molecule has 2 N–H and O–H groups in total. The molecule has 0 amide bonds. The van der Waals surface area contributed by atoms with E-state index in [1.165, 1.54) is 12.1 Å². The zero-order chi connectivity index (χ0) is 20.8. The fourth-order valence-corrected chi connectivity index (χ4v) is 3.16. The molecule has 0 bridgehead atoms. The Bertz CT molecular complexity index is 1000. The molecule has 6 nitrogen and oxygen atoms in total. The van der Waals surface area contributed by atoms with E-state index in [1.807, 2.05) is 24.3 Å². The number of carboxylic acid groups (broad SMARTS) is 1. The van der Waals surface area contributed by atoms with Gasteiger partial charge in [0.25, 0.3) is 0 Å². The van der Waals surface area contributed by atoms with Crippen molar-refractivity contribution in [1.82, 2.24) is 5.32 Å². The third-order valence-corrected chi connectivity index (χ3v) is 4.81. The van der Waals surface area contributed by atoms with Crippen molar-refractivity contribution in [3.8, 4) is 22.8 Å². The highest BCUT2D eigenvalue weighted by molar-refractivity contribution is 6.33. The molecule has 0 fully saturated rings. The van der Waals surface area contributed by atoms with Crippen LogP contribution in [0.25, 0.3) is 11.3 Å². The Labute approximate surface area is 186 Å². The van der Waals surface area contributed by atoms with Crippen molar-refractivity contribution in [3.05, 3.63) is 70.4 Å². The van der Waals surface area contributed by atoms with E-state index in [0.29, 0.717) is 34.4 Å². The van der Waals surface area contributed by atoms with Gasteiger partial charge >= 0.3 is 5.97 Å². The van der Waals surface area contributed by atoms with Gasteiger partial charge in [-0.25, -0.2) is 4.79 Å². The van der Waals surface area contributed by atoms with Crippen molar-refractivity contribution in [2.24, 2.45) is 0 Å². The predicted octanol–water partition coefficient (Wildman–Crippen LogP) is 1.65.